The van der Waals surface area contributed by atoms with E-state index in [0.29, 0.717) is 12.6 Å². The number of halogens is 2. The smallest absolute Gasteiger partial charge is 0.317 e. The van der Waals surface area contributed by atoms with Gasteiger partial charge in [-0.15, -0.1) is 0 Å². The fraction of sp³-hybridized carbons (Fsp3) is 0.278. The van der Waals surface area contributed by atoms with Crippen LogP contribution in [0.2, 0.25) is 0 Å². The van der Waals surface area contributed by atoms with Gasteiger partial charge in [-0.1, -0.05) is 30.3 Å². The van der Waals surface area contributed by atoms with E-state index in [4.69, 9.17) is 0 Å². The molecule has 2 aromatic carbocycles. The number of sulfonamides is 1. The minimum atomic E-state index is -4.16. The van der Waals surface area contributed by atoms with Crippen LogP contribution >= 0.6 is 0 Å². The Kier molecular flexibility index (Phi) is 5.71. The molecule has 0 saturated carbocycles. The highest BCUT2D eigenvalue weighted by Gasteiger charge is 2.32. The Morgan fingerprint density at radius 3 is 2.33 bits per heavy atom. The average molecular weight is 395 g/mol. The molecule has 3 rings (SSSR count). The molecule has 27 heavy (non-hydrogen) atoms. The van der Waals surface area contributed by atoms with Crippen LogP contribution in [-0.4, -0.2) is 49.8 Å². The molecule has 1 aliphatic rings. The van der Waals surface area contributed by atoms with Crippen molar-refractivity contribution in [3.63, 3.8) is 0 Å². The van der Waals surface area contributed by atoms with Crippen molar-refractivity contribution in [1.82, 2.24) is 14.5 Å². The molecular weight excluding hydrogens is 376 g/mol. The molecule has 1 heterocycles. The van der Waals surface area contributed by atoms with Gasteiger partial charge in [0.05, 0.1) is 0 Å². The van der Waals surface area contributed by atoms with Crippen LogP contribution in [0.25, 0.3) is 0 Å². The van der Waals surface area contributed by atoms with E-state index in [-0.39, 0.29) is 32.2 Å². The summed E-state index contributed by atoms with van der Waals surface area (Å²) in [6.45, 7) is 0.717. The number of benzene rings is 2. The van der Waals surface area contributed by atoms with Gasteiger partial charge < -0.3 is 10.2 Å². The second-order valence-electron chi connectivity index (χ2n) is 6.11. The van der Waals surface area contributed by atoms with Crippen molar-refractivity contribution in [2.75, 3.05) is 26.2 Å². The van der Waals surface area contributed by atoms with Crippen LogP contribution in [0.1, 0.15) is 5.56 Å². The number of hydrogen-bond acceptors (Lipinski definition) is 3. The maximum absolute atomic E-state index is 13.8. The van der Waals surface area contributed by atoms with Gasteiger partial charge in [-0.2, -0.15) is 4.31 Å². The summed E-state index contributed by atoms with van der Waals surface area (Å²) < 4.78 is 53.3. The van der Waals surface area contributed by atoms with E-state index in [9.17, 15) is 22.0 Å². The first-order valence-corrected chi connectivity index (χ1v) is 9.84. The highest BCUT2D eigenvalue weighted by atomic mass is 32.2. The molecule has 1 aliphatic heterocycles. The van der Waals surface area contributed by atoms with Gasteiger partial charge in [-0.3, -0.25) is 0 Å². The molecule has 1 fully saturated rings. The molecular formula is C18H19F2N3O3S. The van der Waals surface area contributed by atoms with Crippen LogP contribution in [0, 0.1) is 11.6 Å². The normalized spacial score (nSPS) is 15.6. The Balaban J connectivity index is 1.59. The topological polar surface area (TPSA) is 69.7 Å². The maximum atomic E-state index is 13.8. The van der Waals surface area contributed by atoms with E-state index < -0.39 is 26.6 Å². The molecule has 0 radical (unpaired) electrons. The highest BCUT2D eigenvalue weighted by molar-refractivity contribution is 7.89. The third-order valence-electron chi connectivity index (χ3n) is 4.32. The van der Waals surface area contributed by atoms with E-state index in [1.54, 1.807) is 0 Å². The minimum absolute atomic E-state index is 0.0110. The summed E-state index contributed by atoms with van der Waals surface area (Å²) >= 11 is 0. The zero-order valence-corrected chi connectivity index (χ0v) is 15.3. The lowest BCUT2D eigenvalue weighted by Crippen LogP contribution is -2.53. The molecule has 0 aromatic heterocycles. The van der Waals surface area contributed by atoms with Gasteiger partial charge in [-0.25, -0.2) is 22.0 Å². The summed E-state index contributed by atoms with van der Waals surface area (Å²) in [5.74, 6) is -1.83. The molecule has 2 aromatic rings. The molecule has 1 saturated heterocycles. The average Bonchev–Trinajstić information content (AvgIpc) is 2.68. The van der Waals surface area contributed by atoms with Gasteiger partial charge in [-0.05, 0) is 23.8 Å². The summed E-state index contributed by atoms with van der Waals surface area (Å²) in [5, 5.41) is 2.78. The van der Waals surface area contributed by atoms with Crippen molar-refractivity contribution in [3.8, 4) is 0 Å². The lowest BCUT2D eigenvalue weighted by molar-refractivity contribution is 0.172. The SMILES string of the molecule is O=C(NCc1ccccc1)N1CCN(S(=O)(=O)c2cc(F)ccc2F)CC1. The number of nitrogens with one attached hydrogen (secondary N) is 1. The van der Waals surface area contributed by atoms with Crippen molar-refractivity contribution < 1.29 is 22.0 Å². The van der Waals surface area contributed by atoms with Crippen LogP contribution in [-0.2, 0) is 16.6 Å². The zero-order chi connectivity index (χ0) is 19.4. The van der Waals surface area contributed by atoms with Gasteiger partial charge in [0.15, 0.2) is 0 Å². The lowest BCUT2D eigenvalue weighted by atomic mass is 10.2. The van der Waals surface area contributed by atoms with Crippen molar-refractivity contribution in [1.29, 1.82) is 0 Å². The van der Waals surface area contributed by atoms with E-state index in [2.05, 4.69) is 5.32 Å². The maximum Gasteiger partial charge on any atom is 0.317 e. The van der Waals surface area contributed by atoms with Crippen LogP contribution < -0.4 is 5.32 Å². The summed E-state index contributed by atoms with van der Waals surface area (Å²) in [6, 6.07) is 11.4. The van der Waals surface area contributed by atoms with Gasteiger partial charge in [0.2, 0.25) is 10.0 Å². The van der Waals surface area contributed by atoms with Crippen LogP contribution in [0.15, 0.2) is 53.4 Å². The Labute approximate surface area is 156 Å². The summed E-state index contributed by atoms with van der Waals surface area (Å²) in [7, 11) is -4.16. The van der Waals surface area contributed by atoms with Gasteiger partial charge in [0.25, 0.3) is 0 Å². The molecule has 0 bridgehead atoms. The third-order valence-corrected chi connectivity index (χ3v) is 6.24. The largest absolute Gasteiger partial charge is 0.334 e. The van der Waals surface area contributed by atoms with Crippen LogP contribution in [0.5, 0.6) is 0 Å². The van der Waals surface area contributed by atoms with E-state index in [0.717, 1.165) is 22.0 Å². The minimum Gasteiger partial charge on any atom is -0.334 e. The first-order valence-electron chi connectivity index (χ1n) is 8.40. The first-order chi connectivity index (χ1) is 12.9. The number of amides is 2. The number of hydrogen-bond donors (Lipinski definition) is 1. The number of carbonyl (C=O) groups excluding carboxylic acids is 1. The molecule has 9 heteroatoms. The monoisotopic (exact) mass is 395 g/mol. The van der Waals surface area contributed by atoms with Gasteiger partial charge in [0, 0.05) is 32.7 Å². The van der Waals surface area contributed by atoms with Gasteiger partial charge >= 0.3 is 6.03 Å². The Morgan fingerprint density at radius 1 is 1.00 bits per heavy atom. The molecule has 0 aliphatic carbocycles. The second-order valence-corrected chi connectivity index (χ2v) is 8.02. The van der Waals surface area contributed by atoms with Crippen LogP contribution in [0.4, 0.5) is 13.6 Å². The molecule has 144 valence electrons. The van der Waals surface area contributed by atoms with Crippen LogP contribution in [0.3, 0.4) is 0 Å². The quantitative estimate of drug-likeness (QED) is 0.863. The second kappa shape index (κ2) is 8.01. The third kappa shape index (κ3) is 4.42. The lowest BCUT2D eigenvalue weighted by Gasteiger charge is -2.34. The molecule has 2 amide bonds. The predicted molar refractivity (Wildman–Crippen MR) is 95.4 cm³/mol. The Hall–Kier alpha value is -2.52. The van der Waals surface area contributed by atoms with E-state index in [1.807, 2.05) is 30.3 Å². The predicted octanol–water partition coefficient (Wildman–Crippen LogP) is 2.18. The fourth-order valence-electron chi connectivity index (χ4n) is 2.83. The summed E-state index contributed by atoms with van der Waals surface area (Å²) in [5.41, 5.74) is 0.952. The molecule has 0 atom stereocenters. The fourth-order valence-corrected chi connectivity index (χ4v) is 4.33. The van der Waals surface area contributed by atoms with Crippen molar-refractivity contribution >= 4 is 16.1 Å². The first kappa shape index (κ1) is 19.2. The number of piperazine rings is 1. The highest BCUT2D eigenvalue weighted by Crippen LogP contribution is 2.21. The van der Waals surface area contributed by atoms with E-state index >= 15 is 0 Å². The van der Waals surface area contributed by atoms with Gasteiger partial charge in [0.1, 0.15) is 16.5 Å². The standard InChI is InChI=1S/C18H19F2N3O3S/c19-15-6-7-16(20)17(12-15)27(25,26)23-10-8-22(9-11-23)18(24)21-13-14-4-2-1-3-5-14/h1-7,12H,8-11,13H2,(H,21,24). The van der Waals surface area contributed by atoms with E-state index in [1.165, 1.54) is 4.90 Å². The summed E-state index contributed by atoms with van der Waals surface area (Å²) in [6.07, 6.45) is 0. The molecule has 0 spiro atoms. The number of rotatable bonds is 4. The Morgan fingerprint density at radius 2 is 1.67 bits per heavy atom. The number of carbonyl (C=O) groups is 1. The zero-order valence-electron chi connectivity index (χ0n) is 14.4. The van der Waals surface area contributed by atoms with Crippen molar-refractivity contribution in [2.45, 2.75) is 11.4 Å². The van der Waals surface area contributed by atoms with Crippen molar-refractivity contribution in [2.24, 2.45) is 0 Å². The molecule has 1 N–H and O–H groups in total. The molecule has 0 unspecified atom stereocenters. The number of urea groups is 1. The van der Waals surface area contributed by atoms with Crippen molar-refractivity contribution in [3.05, 3.63) is 65.7 Å². The Bertz CT molecular complexity index is 915. The number of nitrogens with zero attached hydrogens (tertiary/aromatic N) is 2. The summed E-state index contributed by atoms with van der Waals surface area (Å²) in [4.78, 5) is 13.0. The molecule has 6 nitrogen and oxygen atoms in total.